The van der Waals surface area contributed by atoms with Crippen molar-refractivity contribution in [2.45, 2.75) is 78.3 Å². The van der Waals surface area contributed by atoms with E-state index in [1.807, 2.05) is 41.5 Å². The molecular weight excluding hydrogens is 256 g/mol. The van der Waals surface area contributed by atoms with Gasteiger partial charge in [-0.05, 0) is 47.5 Å². The molecule has 110 valence electrons. The lowest BCUT2D eigenvalue weighted by Gasteiger charge is -2.32. The van der Waals surface area contributed by atoms with E-state index >= 15 is 0 Å². The maximum Gasteiger partial charge on any atom is 0.244 e. The summed E-state index contributed by atoms with van der Waals surface area (Å²) in [5, 5.41) is 0. The molecule has 0 aromatic rings. The highest BCUT2D eigenvalue weighted by atomic mass is 35.5. The van der Waals surface area contributed by atoms with Crippen molar-refractivity contribution in [2.24, 2.45) is 0 Å². The first-order valence-corrected chi connectivity index (χ1v) is 6.93. The second kappa shape index (κ2) is 7.06. The summed E-state index contributed by atoms with van der Waals surface area (Å²) in [4.78, 5) is 21.3. The van der Waals surface area contributed by atoms with Crippen LogP contribution in [-0.4, -0.2) is 22.9 Å². The first-order valence-electron chi connectivity index (χ1n) is 6.39. The van der Waals surface area contributed by atoms with Crippen molar-refractivity contribution < 1.29 is 19.6 Å². The van der Waals surface area contributed by atoms with Crippen molar-refractivity contribution in [3.8, 4) is 0 Å². The van der Waals surface area contributed by atoms with Crippen molar-refractivity contribution >= 4 is 11.6 Å². The first kappa shape index (κ1) is 18.1. The van der Waals surface area contributed by atoms with E-state index in [9.17, 15) is 0 Å². The van der Waals surface area contributed by atoms with Crippen LogP contribution >= 0.6 is 11.6 Å². The molecule has 0 saturated carbocycles. The Morgan fingerprint density at radius 3 is 1.28 bits per heavy atom. The molecule has 0 heterocycles. The Hall–Kier alpha value is 0.130. The van der Waals surface area contributed by atoms with Gasteiger partial charge in [0.05, 0.1) is 17.1 Å². The van der Waals surface area contributed by atoms with Crippen LogP contribution in [0.3, 0.4) is 0 Å². The zero-order valence-corrected chi connectivity index (χ0v) is 13.4. The summed E-state index contributed by atoms with van der Waals surface area (Å²) in [5.74, 6) is -1.02. The second-order valence-corrected chi connectivity index (χ2v) is 6.09. The van der Waals surface area contributed by atoms with Gasteiger partial charge < -0.3 is 0 Å². The number of halogens is 1. The van der Waals surface area contributed by atoms with E-state index in [0.717, 1.165) is 12.8 Å². The molecule has 0 aromatic heterocycles. The Bertz CT molecular complexity index is 221. The third-order valence-electron chi connectivity index (χ3n) is 2.83. The van der Waals surface area contributed by atoms with Crippen molar-refractivity contribution in [3.63, 3.8) is 0 Å². The SMILES string of the molecule is CCC(C)(C)OOC(C)(CCl)OOC(C)(C)CC. The maximum atomic E-state index is 5.84. The molecule has 0 N–H and O–H groups in total. The van der Waals surface area contributed by atoms with Gasteiger partial charge in [-0.2, -0.15) is 9.78 Å². The van der Waals surface area contributed by atoms with Gasteiger partial charge in [0.25, 0.3) is 0 Å². The average molecular weight is 283 g/mol. The van der Waals surface area contributed by atoms with Gasteiger partial charge in [0.1, 0.15) is 0 Å². The lowest BCUT2D eigenvalue weighted by molar-refractivity contribution is -0.532. The molecule has 0 aliphatic carbocycles. The first-order chi connectivity index (χ1) is 8.10. The molecule has 0 saturated heterocycles. The minimum Gasteiger partial charge on any atom is -0.228 e. The van der Waals surface area contributed by atoms with Gasteiger partial charge >= 0.3 is 0 Å². The lowest BCUT2D eigenvalue weighted by atomic mass is 10.1. The average Bonchev–Trinajstić information content (AvgIpc) is 2.34. The quantitative estimate of drug-likeness (QED) is 0.275. The predicted octanol–water partition coefficient (Wildman–Crippen LogP) is 4.22. The minimum atomic E-state index is -1.12. The van der Waals surface area contributed by atoms with E-state index in [-0.39, 0.29) is 5.88 Å². The van der Waals surface area contributed by atoms with Crippen LogP contribution in [0.5, 0.6) is 0 Å². The van der Waals surface area contributed by atoms with Gasteiger partial charge in [0.2, 0.25) is 5.79 Å². The van der Waals surface area contributed by atoms with Crippen molar-refractivity contribution in [2.75, 3.05) is 5.88 Å². The normalized spacial score (nSPS) is 14.0. The molecular formula is C13H27ClO4. The number of alkyl halides is 1. The van der Waals surface area contributed by atoms with E-state index in [4.69, 9.17) is 31.2 Å². The highest BCUT2D eigenvalue weighted by Crippen LogP contribution is 2.25. The van der Waals surface area contributed by atoms with Crippen LogP contribution in [0.2, 0.25) is 0 Å². The molecule has 0 unspecified atom stereocenters. The molecule has 0 atom stereocenters. The summed E-state index contributed by atoms with van der Waals surface area (Å²) in [7, 11) is 0. The fourth-order valence-electron chi connectivity index (χ4n) is 0.578. The van der Waals surface area contributed by atoms with Gasteiger partial charge in [-0.1, -0.05) is 13.8 Å². The number of rotatable bonds is 9. The van der Waals surface area contributed by atoms with E-state index in [2.05, 4.69) is 0 Å². The zero-order valence-electron chi connectivity index (χ0n) is 12.6. The second-order valence-electron chi connectivity index (χ2n) is 5.83. The Balaban J connectivity index is 4.35. The summed E-state index contributed by atoms with van der Waals surface area (Å²) in [6, 6.07) is 0. The van der Waals surface area contributed by atoms with Crippen LogP contribution in [0.1, 0.15) is 61.3 Å². The number of hydrogen-bond acceptors (Lipinski definition) is 4. The Morgan fingerprint density at radius 2 is 1.06 bits per heavy atom. The Labute approximate surface area is 116 Å². The highest BCUT2D eigenvalue weighted by molar-refractivity contribution is 6.18. The molecule has 0 aromatic carbocycles. The minimum absolute atomic E-state index is 0.104. The molecule has 0 radical (unpaired) electrons. The van der Waals surface area contributed by atoms with Crippen molar-refractivity contribution in [1.29, 1.82) is 0 Å². The predicted molar refractivity (Wildman–Crippen MR) is 72.2 cm³/mol. The number of hydrogen-bond donors (Lipinski definition) is 0. The fraction of sp³-hybridized carbons (Fsp3) is 1.00. The molecule has 0 aliphatic heterocycles. The smallest absolute Gasteiger partial charge is 0.228 e. The van der Waals surface area contributed by atoms with Gasteiger partial charge in [-0.15, -0.1) is 11.6 Å². The molecule has 0 amide bonds. The summed E-state index contributed by atoms with van der Waals surface area (Å²) >= 11 is 5.84. The molecule has 5 heteroatoms. The molecule has 0 aliphatic rings. The van der Waals surface area contributed by atoms with E-state index < -0.39 is 17.0 Å². The van der Waals surface area contributed by atoms with Crippen LogP contribution in [0.25, 0.3) is 0 Å². The van der Waals surface area contributed by atoms with Gasteiger partial charge in [-0.25, -0.2) is 9.78 Å². The largest absolute Gasteiger partial charge is 0.244 e. The standard InChI is InChI=1S/C13H27ClO4/c1-8-11(3,4)15-17-13(7,10-14)18-16-12(5,6)9-2/h8-10H2,1-7H3. The van der Waals surface area contributed by atoms with Crippen LogP contribution < -0.4 is 0 Å². The van der Waals surface area contributed by atoms with Crippen LogP contribution in [0, 0.1) is 0 Å². The molecule has 0 spiro atoms. The Morgan fingerprint density at radius 1 is 0.722 bits per heavy atom. The summed E-state index contributed by atoms with van der Waals surface area (Å²) in [5.41, 5.74) is -0.784. The van der Waals surface area contributed by atoms with E-state index in [1.165, 1.54) is 0 Å². The summed E-state index contributed by atoms with van der Waals surface area (Å²) < 4.78 is 0. The summed E-state index contributed by atoms with van der Waals surface area (Å²) in [6.45, 7) is 13.4. The monoisotopic (exact) mass is 282 g/mol. The van der Waals surface area contributed by atoms with Crippen LogP contribution in [0.15, 0.2) is 0 Å². The fourth-order valence-corrected chi connectivity index (χ4v) is 0.667. The van der Waals surface area contributed by atoms with Crippen molar-refractivity contribution in [3.05, 3.63) is 0 Å². The highest BCUT2D eigenvalue weighted by Gasteiger charge is 2.34. The van der Waals surface area contributed by atoms with Gasteiger partial charge in [-0.3, -0.25) is 0 Å². The third kappa shape index (κ3) is 6.90. The molecule has 0 bridgehead atoms. The van der Waals surface area contributed by atoms with Crippen molar-refractivity contribution in [1.82, 2.24) is 0 Å². The third-order valence-corrected chi connectivity index (χ3v) is 3.32. The van der Waals surface area contributed by atoms with Crippen LogP contribution in [0.4, 0.5) is 0 Å². The zero-order chi connectivity index (χ0) is 14.4. The topological polar surface area (TPSA) is 36.9 Å². The molecule has 0 fully saturated rings. The molecule has 18 heavy (non-hydrogen) atoms. The summed E-state index contributed by atoms with van der Waals surface area (Å²) in [6.07, 6.45) is 1.62. The van der Waals surface area contributed by atoms with Crippen LogP contribution in [-0.2, 0) is 19.6 Å². The Kier molecular flexibility index (Phi) is 7.11. The maximum absolute atomic E-state index is 5.84. The molecule has 4 nitrogen and oxygen atoms in total. The van der Waals surface area contributed by atoms with Gasteiger partial charge in [0.15, 0.2) is 0 Å². The lowest BCUT2D eigenvalue weighted by Crippen LogP contribution is -2.41. The van der Waals surface area contributed by atoms with E-state index in [1.54, 1.807) is 6.92 Å². The van der Waals surface area contributed by atoms with E-state index in [0.29, 0.717) is 0 Å². The molecule has 0 rings (SSSR count). The van der Waals surface area contributed by atoms with Gasteiger partial charge in [0, 0.05) is 0 Å².